The fourth-order valence-corrected chi connectivity index (χ4v) is 1.33. The average molecular weight is 224 g/mol. The van der Waals surface area contributed by atoms with Crippen LogP contribution in [0.3, 0.4) is 0 Å². The minimum atomic E-state index is -0.586. The Morgan fingerprint density at radius 2 is 2.25 bits per heavy atom. The Kier molecular flexibility index (Phi) is 7.23. The summed E-state index contributed by atoms with van der Waals surface area (Å²) in [5, 5.41) is 8.95. The van der Waals surface area contributed by atoms with E-state index in [-0.39, 0.29) is 11.8 Å². The molecule has 0 spiro atoms. The number of hydrogen-bond donors (Lipinski definition) is 0. The summed E-state index contributed by atoms with van der Waals surface area (Å²) < 4.78 is 4.93. The van der Waals surface area contributed by atoms with E-state index in [1.165, 1.54) is 0 Å². The molecule has 0 aliphatic carbocycles. The van der Waals surface area contributed by atoms with E-state index in [0.717, 1.165) is 0 Å². The maximum Gasteiger partial charge on any atom is 0.240 e. The molecule has 0 radical (unpaired) electrons. The fourth-order valence-electron chi connectivity index (χ4n) is 1.33. The number of nitriles is 1. The van der Waals surface area contributed by atoms with Gasteiger partial charge in [0.2, 0.25) is 5.91 Å². The molecule has 0 aromatic carbocycles. The molecule has 90 valence electrons. The van der Waals surface area contributed by atoms with E-state index in [2.05, 4.69) is 12.6 Å². The Morgan fingerprint density at radius 3 is 2.62 bits per heavy atom. The van der Waals surface area contributed by atoms with Crippen molar-refractivity contribution in [3.8, 4) is 6.07 Å². The van der Waals surface area contributed by atoms with Crippen molar-refractivity contribution in [1.29, 1.82) is 5.26 Å². The van der Waals surface area contributed by atoms with E-state index in [4.69, 9.17) is 10.00 Å². The van der Waals surface area contributed by atoms with E-state index < -0.39 is 5.92 Å². The molecule has 16 heavy (non-hydrogen) atoms. The molecular formula is C12H20N2O2. The van der Waals surface area contributed by atoms with Crippen LogP contribution >= 0.6 is 0 Å². The molecule has 0 aliphatic rings. The van der Waals surface area contributed by atoms with Crippen molar-refractivity contribution in [2.45, 2.75) is 13.8 Å². The summed E-state index contributed by atoms with van der Waals surface area (Å²) in [5.74, 6) is -0.710. The first-order valence-electron chi connectivity index (χ1n) is 5.36. The number of methoxy groups -OCH3 is 1. The molecule has 0 saturated heterocycles. The molecule has 0 N–H and O–H groups in total. The molecule has 4 nitrogen and oxygen atoms in total. The maximum absolute atomic E-state index is 12.0. The molecule has 1 unspecified atom stereocenters. The van der Waals surface area contributed by atoms with Gasteiger partial charge in [0.05, 0.1) is 12.7 Å². The second kappa shape index (κ2) is 7.89. The number of ether oxygens (including phenoxy) is 1. The third kappa shape index (κ3) is 4.45. The molecule has 0 rings (SSSR count). The Balaban J connectivity index is 4.58. The Bertz CT molecular complexity index is 269. The van der Waals surface area contributed by atoms with Gasteiger partial charge < -0.3 is 9.64 Å². The Hall–Kier alpha value is -1.34. The van der Waals surface area contributed by atoms with Crippen LogP contribution in [0.2, 0.25) is 0 Å². The standard InChI is InChI=1S/C12H20N2O2/c1-5-6-14(7-8-16-4)12(15)11(9-13)10(2)3/h5,10-11H,1,6-8H2,2-4H3. The van der Waals surface area contributed by atoms with Crippen molar-refractivity contribution in [1.82, 2.24) is 4.90 Å². The largest absolute Gasteiger partial charge is 0.383 e. The molecular weight excluding hydrogens is 204 g/mol. The van der Waals surface area contributed by atoms with Gasteiger partial charge in [-0.15, -0.1) is 6.58 Å². The first-order valence-corrected chi connectivity index (χ1v) is 5.36. The molecule has 0 bridgehead atoms. The molecule has 4 heteroatoms. The first kappa shape index (κ1) is 14.7. The summed E-state index contributed by atoms with van der Waals surface area (Å²) in [5.41, 5.74) is 0. The Labute approximate surface area is 97.5 Å². The lowest BCUT2D eigenvalue weighted by molar-refractivity contribution is -0.135. The van der Waals surface area contributed by atoms with Crippen LogP contribution in [0.1, 0.15) is 13.8 Å². The predicted octanol–water partition coefficient (Wildman–Crippen LogP) is 1.44. The molecule has 1 amide bonds. The first-order chi connectivity index (χ1) is 7.58. The van der Waals surface area contributed by atoms with E-state index in [9.17, 15) is 4.79 Å². The van der Waals surface area contributed by atoms with Crippen molar-refractivity contribution >= 4 is 5.91 Å². The van der Waals surface area contributed by atoms with E-state index >= 15 is 0 Å². The van der Waals surface area contributed by atoms with Crippen LogP contribution in [0.5, 0.6) is 0 Å². The zero-order chi connectivity index (χ0) is 12.6. The van der Waals surface area contributed by atoms with Crippen molar-refractivity contribution in [3.63, 3.8) is 0 Å². The minimum Gasteiger partial charge on any atom is -0.383 e. The van der Waals surface area contributed by atoms with Gasteiger partial charge in [-0.3, -0.25) is 4.79 Å². The van der Waals surface area contributed by atoms with Gasteiger partial charge >= 0.3 is 0 Å². The van der Waals surface area contributed by atoms with E-state index in [1.807, 2.05) is 13.8 Å². The fraction of sp³-hybridized carbons (Fsp3) is 0.667. The SMILES string of the molecule is C=CCN(CCOC)C(=O)C(C#N)C(C)C. The molecule has 0 heterocycles. The molecule has 0 aromatic heterocycles. The van der Waals surface area contributed by atoms with Gasteiger partial charge in [0.15, 0.2) is 0 Å². The van der Waals surface area contributed by atoms with Gasteiger partial charge in [-0.2, -0.15) is 5.26 Å². The zero-order valence-corrected chi connectivity index (χ0v) is 10.3. The van der Waals surface area contributed by atoms with Gasteiger partial charge in [0.25, 0.3) is 0 Å². The smallest absolute Gasteiger partial charge is 0.240 e. The number of carbonyl (C=O) groups excluding carboxylic acids is 1. The second-order valence-corrected chi connectivity index (χ2v) is 3.92. The van der Waals surface area contributed by atoms with Crippen LogP contribution < -0.4 is 0 Å². The van der Waals surface area contributed by atoms with Crippen LogP contribution in [0.4, 0.5) is 0 Å². The van der Waals surface area contributed by atoms with Crippen LogP contribution in [-0.2, 0) is 9.53 Å². The van der Waals surface area contributed by atoms with Crippen molar-refractivity contribution < 1.29 is 9.53 Å². The number of hydrogen-bond acceptors (Lipinski definition) is 3. The van der Waals surface area contributed by atoms with Crippen LogP contribution in [-0.4, -0.2) is 37.6 Å². The molecule has 1 atom stereocenters. The van der Waals surface area contributed by atoms with Crippen molar-refractivity contribution in [2.75, 3.05) is 26.8 Å². The molecule has 0 aliphatic heterocycles. The summed E-state index contributed by atoms with van der Waals surface area (Å²) >= 11 is 0. The normalized spacial score (nSPS) is 11.9. The summed E-state index contributed by atoms with van der Waals surface area (Å²) in [6.45, 7) is 8.75. The van der Waals surface area contributed by atoms with Gasteiger partial charge in [-0.05, 0) is 5.92 Å². The molecule has 0 fully saturated rings. The van der Waals surface area contributed by atoms with E-state index in [1.54, 1.807) is 18.1 Å². The van der Waals surface area contributed by atoms with Gasteiger partial charge in [-0.25, -0.2) is 0 Å². The molecule has 0 saturated carbocycles. The van der Waals surface area contributed by atoms with Crippen LogP contribution in [0, 0.1) is 23.2 Å². The number of carbonyl (C=O) groups is 1. The van der Waals surface area contributed by atoms with Crippen LogP contribution in [0.25, 0.3) is 0 Å². The number of rotatable bonds is 7. The maximum atomic E-state index is 12.0. The summed E-state index contributed by atoms with van der Waals surface area (Å²) in [6.07, 6.45) is 1.66. The summed E-state index contributed by atoms with van der Waals surface area (Å²) in [7, 11) is 1.58. The molecule has 0 aromatic rings. The lowest BCUT2D eigenvalue weighted by Crippen LogP contribution is -2.39. The van der Waals surface area contributed by atoms with Crippen LogP contribution in [0.15, 0.2) is 12.7 Å². The van der Waals surface area contributed by atoms with Gasteiger partial charge in [0.1, 0.15) is 5.92 Å². The lowest BCUT2D eigenvalue weighted by Gasteiger charge is -2.24. The van der Waals surface area contributed by atoms with Gasteiger partial charge in [0, 0.05) is 20.2 Å². The third-order valence-corrected chi connectivity index (χ3v) is 2.30. The number of amides is 1. The van der Waals surface area contributed by atoms with Gasteiger partial charge in [-0.1, -0.05) is 19.9 Å². The number of nitrogens with zero attached hydrogens (tertiary/aromatic N) is 2. The third-order valence-electron chi connectivity index (χ3n) is 2.30. The zero-order valence-electron chi connectivity index (χ0n) is 10.3. The topological polar surface area (TPSA) is 53.3 Å². The lowest BCUT2D eigenvalue weighted by atomic mass is 9.96. The highest BCUT2D eigenvalue weighted by molar-refractivity contribution is 5.81. The summed E-state index contributed by atoms with van der Waals surface area (Å²) in [6, 6.07) is 2.05. The highest BCUT2D eigenvalue weighted by Crippen LogP contribution is 2.13. The van der Waals surface area contributed by atoms with Crippen molar-refractivity contribution in [3.05, 3.63) is 12.7 Å². The average Bonchev–Trinajstić information content (AvgIpc) is 2.24. The Morgan fingerprint density at radius 1 is 1.62 bits per heavy atom. The van der Waals surface area contributed by atoms with Crippen molar-refractivity contribution in [2.24, 2.45) is 11.8 Å². The predicted molar refractivity (Wildman–Crippen MR) is 62.6 cm³/mol. The highest BCUT2D eigenvalue weighted by Gasteiger charge is 2.25. The monoisotopic (exact) mass is 224 g/mol. The minimum absolute atomic E-state index is 0.0207. The second-order valence-electron chi connectivity index (χ2n) is 3.92. The summed E-state index contributed by atoms with van der Waals surface area (Å²) in [4.78, 5) is 13.6. The quantitative estimate of drug-likeness (QED) is 0.615. The van der Waals surface area contributed by atoms with E-state index in [0.29, 0.717) is 19.7 Å². The highest BCUT2D eigenvalue weighted by atomic mass is 16.5.